The maximum atomic E-state index is 12.8. The molecule has 2 heterocycles. The van der Waals surface area contributed by atoms with Gasteiger partial charge in [0.25, 0.3) is 0 Å². The second-order valence-corrected chi connectivity index (χ2v) is 6.82. The molecule has 8 heteroatoms. The van der Waals surface area contributed by atoms with Crippen LogP contribution in [0, 0.1) is 6.92 Å². The van der Waals surface area contributed by atoms with Gasteiger partial charge < -0.3 is 13.9 Å². The van der Waals surface area contributed by atoms with Crippen molar-refractivity contribution in [3.63, 3.8) is 0 Å². The summed E-state index contributed by atoms with van der Waals surface area (Å²) in [4.78, 5) is 12.8. The van der Waals surface area contributed by atoms with Gasteiger partial charge in [-0.3, -0.25) is 9.36 Å². The van der Waals surface area contributed by atoms with Crippen LogP contribution in [-0.2, 0) is 6.54 Å². The molecule has 0 atom stereocenters. The number of aromatic nitrogens is 3. The maximum Gasteiger partial charge on any atom is 0.192 e. The predicted octanol–water partition coefficient (Wildman–Crippen LogP) is 4.02. The van der Waals surface area contributed by atoms with Crippen molar-refractivity contribution in [3.8, 4) is 22.9 Å². The molecule has 3 rings (SSSR count). The topological polar surface area (TPSA) is 79.4 Å². The first kappa shape index (κ1) is 19.8. The Kier molecular flexibility index (Phi) is 6.20. The van der Waals surface area contributed by atoms with Gasteiger partial charge in [0.15, 0.2) is 16.8 Å². The number of benzene rings is 1. The molecular formula is C20H21N3O4S. The third kappa shape index (κ3) is 3.96. The van der Waals surface area contributed by atoms with E-state index in [1.807, 2.05) is 17.6 Å². The van der Waals surface area contributed by atoms with Gasteiger partial charge in [-0.25, -0.2) is 0 Å². The normalized spacial score (nSPS) is 10.7. The molecule has 0 aliphatic rings. The van der Waals surface area contributed by atoms with E-state index in [4.69, 9.17) is 13.9 Å². The lowest BCUT2D eigenvalue weighted by molar-refractivity contribution is 0.101. The fourth-order valence-corrected chi connectivity index (χ4v) is 3.58. The molecule has 0 fully saturated rings. The van der Waals surface area contributed by atoms with Crippen molar-refractivity contribution in [3.05, 3.63) is 54.5 Å². The first-order chi connectivity index (χ1) is 13.6. The Morgan fingerprint density at radius 2 is 2.11 bits per heavy atom. The van der Waals surface area contributed by atoms with Crippen LogP contribution in [0.3, 0.4) is 0 Å². The van der Waals surface area contributed by atoms with Crippen molar-refractivity contribution in [1.29, 1.82) is 0 Å². The van der Waals surface area contributed by atoms with Gasteiger partial charge >= 0.3 is 0 Å². The molecule has 0 N–H and O–H groups in total. The number of Topliss-reactive ketones (excluding diaryl/α,β-unsaturated/α-hetero) is 1. The highest BCUT2D eigenvalue weighted by Gasteiger charge is 2.19. The fraction of sp³-hybridized carbons (Fsp3) is 0.250. The van der Waals surface area contributed by atoms with E-state index >= 15 is 0 Å². The van der Waals surface area contributed by atoms with Gasteiger partial charge in [0.05, 0.1) is 37.4 Å². The SMILES string of the molecule is C=CCn1c(SCC(=O)c2cc(OC)ccc2OC)nnc1-c1ccoc1C. The molecule has 0 amide bonds. The molecule has 2 aromatic heterocycles. The van der Waals surface area contributed by atoms with Gasteiger partial charge in [0, 0.05) is 6.54 Å². The van der Waals surface area contributed by atoms with Crippen molar-refractivity contribution >= 4 is 17.5 Å². The van der Waals surface area contributed by atoms with Crippen LogP contribution in [0.25, 0.3) is 11.4 Å². The van der Waals surface area contributed by atoms with E-state index in [1.165, 1.54) is 18.9 Å². The number of rotatable bonds is 9. The molecule has 0 radical (unpaired) electrons. The number of carbonyl (C=O) groups excluding carboxylic acids is 1. The summed E-state index contributed by atoms with van der Waals surface area (Å²) in [6.45, 7) is 6.19. The molecule has 0 aliphatic heterocycles. The predicted molar refractivity (Wildman–Crippen MR) is 107 cm³/mol. The van der Waals surface area contributed by atoms with Crippen LogP contribution < -0.4 is 9.47 Å². The van der Waals surface area contributed by atoms with E-state index in [1.54, 1.807) is 37.6 Å². The summed E-state index contributed by atoms with van der Waals surface area (Å²) in [6.07, 6.45) is 3.38. The Balaban J connectivity index is 1.83. The first-order valence-electron chi connectivity index (χ1n) is 8.55. The number of thioether (sulfide) groups is 1. The van der Waals surface area contributed by atoms with Crippen LogP contribution in [0.2, 0.25) is 0 Å². The summed E-state index contributed by atoms with van der Waals surface area (Å²) < 4.78 is 17.8. The number of hydrogen-bond donors (Lipinski definition) is 0. The van der Waals surface area contributed by atoms with E-state index in [0.717, 1.165) is 11.3 Å². The number of hydrogen-bond acceptors (Lipinski definition) is 7. The number of carbonyl (C=O) groups is 1. The maximum absolute atomic E-state index is 12.8. The molecule has 146 valence electrons. The second-order valence-electron chi connectivity index (χ2n) is 5.87. The van der Waals surface area contributed by atoms with E-state index in [2.05, 4.69) is 16.8 Å². The molecule has 28 heavy (non-hydrogen) atoms. The van der Waals surface area contributed by atoms with Crippen molar-refractivity contribution < 1.29 is 18.7 Å². The van der Waals surface area contributed by atoms with Crippen molar-refractivity contribution in [2.24, 2.45) is 0 Å². The van der Waals surface area contributed by atoms with Crippen molar-refractivity contribution in [2.45, 2.75) is 18.6 Å². The van der Waals surface area contributed by atoms with E-state index in [0.29, 0.717) is 34.6 Å². The Labute approximate surface area is 167 Å². The number of ketones is 1. The number of ether oxygens (including phenoxy) is 2. The quantitative estimate of drug-likeness (QED) is 0.305. The summed E-state index contributed by atoms with van der Waals surface area (Å²) in [7, 11) is 3.09. The third-order valence-electron chi connectivity index (χ3n) is 4.17. The second kappa shape index (κ2) is 8.79. The highest BCUT2D eigenvalue weighted by molar-refractivity contribution is 7.99. The minimum Gasteiger partial charge on any atom is -0.497 e. The summed E-state index contributed by atoms with van der Waals surface area (Å²) in [5.41, 5.74) is 1.33. The highest BCUT2D eigenvalue weighted by atomic mass is 32.2. The monoisotopic (exact) mass is 399 g/mol. The van der Waals surface area contributed by atoms with Gasteiger partial charge in [0.1, 0.15) is 17.3 Å². The molecule has 3 aromatic rings. The molecular weight excluding hydrogens is 378 g/mol. The molecule has 0 spiro atoms. The Hall–Kier alpha value is -3.00. The van der Waals surface area contributed by atoms with Crippen LogP contribution in [0.1, 0.15) is 16.1 Å². The van der Waals surface area contributed by atoms with E-state index < -0.39 is 0 Å². The molecule has 0 aliphatic carbocycles. The number of methoxy groups -OCH3 is 2. The number of allylic oxidation sites excluding steroid dienone is 1. The number of furan rings is 1. The summed E-state index contributed by atoms with van der Waals surface area (Å²) in [5, 5.41) is 9.16. The van der Waals surface area contributed by atoms with Crippen LogP contribution in [0.4, 0.5) is 0 Å². The molecule has 0 bridgehead atoms. The molecule has 7 nitrogen and oxygen atoms in total. The van der Waals surface area contributed by atoms with Crippen LogP contribution in [-0.4, -0.2) is 40.5 Å². The Bertz CT molecular complexity index is 993. The van der Waals surface area contributed by atoms with Crippen LogP contribution in [0.5, 0.6) is 11.5 Å². The zero-order valence-electron chi connectivity index (χ0n) is 16.0. The van der Waals surface area contributed by atoms with Gasteiger partial charge in [0.2, 0.25) is 0 Å². The van der Waals surface area contributed by atoms with Gasteiger partial charge in [-0.1, -0.05) is 17.8 Å². The van der Waals surface area contributed by atoms with E-state index in [-0.39, 0.29) is 11.5 Å². The minimum atomic E-state index is -0.0880. The lowest BCUT2D eigenvalue weighted by Crippen LogP contribution is -2.07. The smallest absolute Gasteiger partial charge is 0.192 e. The Morgan fingerprint density at radius 3 is 2.75 bits per heavy atom. The summed E-state index contributed by atoms with van der Waals surface area (Å²) in [5.74, 6) is 2.64. The van der Waals surface area contributed by atoms with Gasteiger partial charge in [-0.15, -0.1) is 16.8 Å². The molecule has 1 aromatic carbocycles. The zero-order chi connectivity index (χ0) is 20.1. The fourth-order valence-electron chi connectivity index (χ4n) is 2.75. The average Bonchev–Trinajstić information content (AvgIpc) is 3.31. The standard InChI is InChI=1S/C20H21N3O4S/c1-5-9-23-19(15-8-10-27-13(15)2)21-22-20(23)28-12-17(24)16-11-14(25-3)6-7-18(16)26-4/h5-8,10-11H,1,9,12H2,2-4H3. The van der Waals surface area contributed by atoms with Crippen LogP contribution >= 0.6 is 11.8 Å². The Morgan fingerprint density at radius 1 is 1.29 bits per heavy atom. The molecule has 0 saturated carbocycles. The average molecular weight is 399 g/mol. The summed E-state index contributed by atoms with van der Waals surface area (Å²) in [6, 6.07) is 7.00. The third-order valence-corrected chi connectivity index (χ3v) is 5.13. The molecule has 0 unspecified atom stereocenters. The van der Waals surface area contributed by atoms with Gasteiger partial charge in [-0.2, -0.15) is 0 Å². The van der Waals surface area contributed by atoms with Gasteiger partial charge in [-0.05, 0) is 31.2 Å². The highest BCUT2D eigenvalue weighted by Crippen LogP contribution is 2.29. The molecule has 0 saturated heterocycles. The van der Waals surface area contributed by atoms with E-state index in [9.17, 15) is 4.79 Å². The zero-order valence-corrected chi connectivity index (χ0v) is 16.8. The number of aryl methyl sites for hydroxylation is 1. The minimum absolute atomic E-state index is 0.0880. The van der Waals surface area contributed by atoms with Crippen molar-refractivity contribution in [2.75, 3.05) is 20.0 Å². The number of nitrogens with zero attached hydrogens (tertiary/aromatic N) is 3. The van der Waals surface area contributed by atoms with Crippen LogP contribution in [0.15, 0.2) is 52.8 Å². The summed E-state index contributed by atoms with van der Waals surface area (Å²) >= 11 is 1.31. The van der Waals surface area contributed by atoms with Crippen molar-refractivity contribution in [1.82, 2.24) is 14.8 Å². The lowest BCUT2D eigenvalue weighted by Gasteiger charge is -2.10. The lowest BCUT2D eigenvalue weighted by atomic mass is 10.1. The largest absolute Gasteiger partial charge is 0.497 e. The first-order valence-corrected chi connectivity index (χ1v) is 9.54.